The lowest BCUT2D eigenvalue weighted by Crippen LogP contribution is -2.32. The minimum Gasteiger partial charge on any atom is -0.497 e. The van der Waals surface area contributed by atoms with Crippen molar-refractivity contribution in [3.8, 4) is 11.8 Å². The van der Waals surface area contributed by atoms with E-state index in [9.17, 15) is 21.6 Å². The highest BCUT2D eigenvalue weighted by Crippen LogP contribution is 2.36. The normalized spacial score (nSPS) is 13.7. The zero-order valence-corrected chi connectivity index (χ0v) is 19.5. The van der Waals surface area contributed by atoms with Crippen molar-refractivity contribution >= 4 is 27.0 Å². The smallest absolute Gasteiger partial charge is 0.417 e. The molecule has 0 amide bonds. The van der Waals surface area contributed by atoms with Crippen molar-refractivity contribution in [3.05, 3.63) is 64.8 Å². The number of aromatic nitrogens is 2. The van der Waals surface area contributed by atoms with Gasteiger partial charge in [0.05, 0.1) is 36.5 Å². The second kappa shape index (κ2) is 9.07. The first kappa shape index (κ1) is 24.3. The molecule has 0 radical (unpaired) electrons. The number of fused-ring (bicyclic) bond motifs is 1. The molecule has 0 unspecified atom stereocenters. The second-order valence-corrected chi connectivity index (χ2v) is 9.83. The number of hydrogen-bond acceptors (Lipinski definition) is 8. The van der Waals surface area contributed by atoms with Gasteiger partial charge >= 0.3 is 6.18 Å². The first-order valence-corrected chi connectivity index (χ1v) is 12.3. The van der Waals surface area contributed by atoms with E-state index in [0.717, 1.165) is 18.4 Å². The van der Waals surface area contributed by atoms with Gasteiger partial charge in [0, 0.05) is 29.7 Å². The number of anilines is 3. The first-order chi connectivity index (χ1) is 16.5. The molecule has 182 valence electrons. The number of nitriles is 1. The number of rotatable bonds is 5. The van der Waals surface area contributed by atoms with Crippen LogP contribution in [0, 0.1) is 11.3 Å². The maximum absolute atomic E-state index is 13.4. The Bertz CT molecular complexity index is 1420. The lowest BCUT2D eigenvalue weighted by Gasteiger charge is -2.31. The minimum atomic E-state index is -4.68. The number of halogens is 3. The summed E-state index contributed by atoms with van der Waals surface area (Å²) in [6.45, 7) is 0.413. The molecule has 1 N–H and O–H groups in total. The maximum Gasteiger partial charge on any atom is 0.417 e. The first-order valence-electron chi connectivity index (χ1n) is 10.4. The molecule has 4 rings (SSSR count). The maximum atomic E-state index is 13.4. The van der Waals surface area contributed by atoms with Crippen molar-refractivity contribution in [2.45, 2.75) is 24.3 Å². The number of nitrogens with one attached hydrogen (secondary N) is 1. The van der Waals surface area contributed by atoms with Gasteiger partial charge in [-0.2, -0.15) is 18.4 Å². The van der Waals surface area contributed by atoms with Gasteiger partial charge < -0.3 is 15.0 Å². The van der Waals surface area contributed by atoms with Crippen LogP contribution in [0.2, 0.25) is 0 Å². The lowest BCUT2D eigenvalue weighted by atomic mass is 10.0. The summed E-state index contributed by atoms with van der Waals surface area (Å²) in [6, 6.07) is 12.0. The van der Waals surface area contributed by atoms with Crippen LogP contribution in [-0.2, 0) is 29.0 Å². The fraction of sp³-hybridized carbons (Fsp3) is 0.261. The Hall–Kier alpha value is -3.85. The van der Waals surface area contributed by atoms with E-state index in [1.54, 1.807) is 42.3 Å². The van der Waals surface area contributed by atoms with Crippen molar-refractivity contribution in [1.29, 1.82) is 5.26 Å². The van der Waals surface area contributed by atoms with Crippen LogP contribution in [0.1, 0.15) is 22.4 Å². The zero-order valence-electron chi connectivity index (χ0n) is 18.7. The summed E-state index contributed by atoms with van der Waals surface area (Å²) in [7, 11) is -2.22. The molecule has 0 fully saturated rings. The van der Waals surface area contributed by atoms with Crippen LogP contribution >= 0.6 is 0 Å². The van der Waals surface area contributed by atoms with E-state index in [2.05, 4.69) is 15.3 Å². The van der Waals surface area contributed by atoms with Crippen LogP contribution in [-0.4, -0.2) is 38.3 Å². The fourth-order valence-corrected chi connectivity index (χ4v) is 4.30. The molecule has 0 atom stereocenters. The molecule has 2 heterocycles. The molecule has 2 aromatic carbocycles. The molecule has 12 heteroatoms. The predicted octanol–water partition coefficient (Wildman–Crippen LogP) is 4.09. The van der Waals surface area contributed by atoms with E-state index in [1.807, 2.05) is 0 Å². The molecule has 8 nitrogen and oxygen atoms in total. The summed E-state index contributed by atoms with van der Waals surface area (Å²) in [5, 5.41) is 11.8. The molecule has 0 aliphatic carbocycles. The Kier molecular flexibility index (Phi) is 6.29. The van der Waals surface area contributed by atoms with E-state index < -0.39 is 27.1 Å². The largest absolute Gasteiger partial charge is 0.497 e. The monoisotopic (exact) mass is 503 g/mol. The number of sulfone groups is 1. The van der Waals surface area contributed by atoms with Crippen molar-refractivity contribution in [3.63, 3.8) is 0 Å². The summed E-state index contributed by atoms with van der Waals surface area (Å²) < 4.78 is 70.0. The van der Waals surface area contributed by atoms with E-state index in [4.69, 9.17) is 10.00 Å². The Balaban J connectivity index is 1.72. The quantitative estimate of drug-likeness (QED) is 0.519. The van der Waals surface area contributed by atoms with Crippen molar-refractivity contribution < 1.29 is 26.3 Å². The molecule has 0 spiro atoms. The Labute approximate surface area is 199 Å². The van der Waals surface area contributed by atoms with Crippen LogP contribution in [0.4, 0.5) is 30.4 Å². The highest BCUT2D eigenvalue weighted by molar-refractivity contribution is 7.90. The molecular weight excluding hydrogens is 483 g/mol. The van der Waals surface area contributed by atoms with E-state index in [-0.39, 0.29) is 17.4 Å². The van der Waals surface area contributed by atoms with Crippen molar-refractivity contribution in [2.24, 2.45) is 0 Å². The van der Waals surface area contributed by atoms with Crippen LogP contribution < -0.4 is 15.0 Å². The average Bonchev–Trinajstić information content (AvgIpc) is 2.82. The van der Waals surface area contributed by atoms with E-state index >= 15 is 0 Å². The molecule has 35 heavy (non-hydrogen) atoms. The molecular formula is C23H20F3N5O3S. The van der Waals surface area contributed by atoms with E-state index in [0.29, 0.717) is 41.5 Å². The molecule has 0 bridgehead atoms. The second-order valence-electron chi connectivity index (χ2n) is 7.92. The minimum absolute atomic E-state index is 0.0703. The third-order valence-corrected chi connectivity index (χ3v) is 6.37. The van der Waals surface area contributed by atoms with Gasteiger partial charge in [0.25, 0.3) is 0 Å². The molecule has 0 saturated heterocycles. The number of nitrogens with zero attached hydrogens (tertiary/aromatic N) is 4. The third-order valence-electron chi connectivity index (χ3n) is 5.52. The zero-order chi connectivity index (χ0) is 25.4. The van der Waals surface area contributed by atoms with Gasteiger partial charge in [-0.25, -0.2) is 18.4 Å². The molecule has 3 aromatic rings. The number of ether oxygens (including phenoxy) is 1. The molecule has 1 aliphatic heterocycles. The summed E-state index contributed by atoms with van der Waals surface area (Å²) >= 11 is 0. The van der Waals surface area contributed by atoms with Crippen molar-refractivity contribution in [2.75, 3.05) is 30.1 Å². The number of hydrogen-bond donors (Lipinski definition) is 1. The highest BCUT2D eigenvalue weighted by Gasteiger charge is 2.35. The van der Waals surface area contributed by atoms with Crippen LogP contribution in [0.5, 0.6) is 5.75 Å². The average molecular weight is 504 g/mol. The Morgan fingerprint density at radius 2 is 1.86 bits per heavy atom. The molecule has 1 aromatic heterocycles. The van der Waals surface area contributed by atoms with Crippen LogP contribution in [0.25, 0.3) is 0 Å². The SMILES string of the molecule is COc1ccc(Nc2nc(S(C)(=O)=O)nc3c2CCN(c2ccc(C#N)c(C(F)(F)F)c2)C3)cc1. The predicted molar refractivity (Wildman–Crippen MR) is 122 cm³/mol. The Morgan fingerprint density at radius 1 is 1.14 bits per heavy atom. The summed E-state index contributed by atoms with van der Waals surface area (Å²) in [4.78, 5) is 10.1. The summed E-state index contributed by atoms with van der Waals surface area (Å²) in [6.07, 6.45) is -3.34. The van der Waals surface area contributed by atoms with Gasteiger partial charge in [-0.1, -0.05) is 0 Å². The third kappa shape index (κ3) is 5.14. The number of alkyl halides is 3. The van der Waals surface area contributed by atoms with Gasteiger partial charge in [-0.05, 0) is 48.9 Å². The van der Waals surface area contributed by atoms with Crippen LogP contribution in [0.15, 0.2) is 47.6 Å². The molecule has 0 saturated carbocycles. The van der Waals surface area contributed by atoms with Crippen molar-refractivity contribution in [1.82, 2.24) is 9.97 Å². The Morgan fingerprint density at radius 3 is 2.46 bits per heavy atom. The standard InChI is InChI=1S/C23H20F3N5O3S/c1-34-17-7-4-15(5-8-17)28-21-18-9-10-31(13-20(18)29-22(30-21)35(2,32)33)16-6-3-14(12-27)19(11-16)23(24,25)26/h3-8,11H,9-10,13H2,1-2H3,(H,28,29,30). The van der Waals surface area contributed by atoms with Gasteiger partial charge in [-0.15, -0.1) is 0 Å². The molecule has 1 aliphatic rings. The van der Waals surface area contributed by atoms with Gasteiger partial charge in [0.1, 0.15) is 11.6 Å². The van der Waals surface area contributed by atoms with Crippen LogP contribution in [0.3, 0.4) is 0 Å². The number of benzene rings is 2. The topological polar surface area (TPSA) is 108 Å². The van der Waals surface area contributed by atoms with E-state index in [1.165, 1.54) is 6.07 Å². The fourth-order valence-electron chi connectivity index (χ4n) is 3.77. The summed E-state index contributed by atoms with van der Waals surface area (Å²) in [5.41, 5.74) is 0.479. The van der Waals surface area contributed by atoms with Gasteiger partial charge in [0.2, 0.25) is 15.0 Å². The highest BCUT2D eigenvalue weighted by atomic mass is 32.2. The van der Waals surface area contributed by atoms with Gasteiger partial charge in [-0.3, -0.25) is 0 Å². The lowest BCUT2D eigenvalue weighted by molar-refractivity contribution is -0.137. The number of methoxy groups -OCH3 is 1. The van der Waals surface area contributed by atoms with Gasteiger partial charge in [0.15, 0.2) is 0 Å². The summed E-state index contributed by atoms with van der Waals surface area (Å²) in [5.74, 6) is 0.962.